The van der Waals surface area contributed by atoms with Crippen molar-refractivity contribution in [2.24, 2.45) is 5.92 Å². The second-order valence-corrected chi connectivity index (χ2v) is 3.94. The fourth-order valence-corrected chi connectivity index (χ4v) is 1.30. The Balaban J connectivity index is 2.28. The first-order valence-corrected chi connectivity index (χ1v) is 5.04. The number of aromatic nitrogens is 2. The molecular weight excluding hydrogens is 194 g/mol. The van der Waals surface area contributed by atoms with E-state index in [0.717, 1.165) is 0 Å². The Morgan fingerprint density at radius 3 is 2.87 bits per heavy atom. The number of rotatable bonds is 4. The maximum Gasteiger partial charge on any atom is 0.326 e. The molecule has 1 rings (SSSR count). The van der Waals surface area contributed by atoms with Gasteiger partial charge in [-0.25, -0.2) is 9.78 Å². The van der Waals surface area contributed by atoms with Gasteiger partial charge in [0.05, 0.1) is 6.10 Å². The number of hydrogen-bond acceptors (Lipinski definition) is 3. The Bertz CT molecular complexity index is 296. The number of carbonyl (C=O) groups is 1. The van der Waals surface area contributed by atoms with E-state index < -0.39 is 6.10 Å². The minimum absolute atomic E-state index is 0.268. The van der Waals surface area contributed by atoms with Crippen LogP contribution < -0.4 is 5.32 Å². The molecule has 5 heteroatoms. The molecule has 0 aliphatic heterocycles. The number of hydrogen-bond donors (Lipinski definition) is 2. The zero-order valence-corrected chi connectivity index (χ0v) is 9.05. The SMILES string of the molecule is CC(C)CC(O)CNC(=O)n1ccnc1. The van der Waals surface area contributed by atoms with Crippen LogP contribution in [0.2, 0.25) is 0 Å². The molecule has 0 aliphatic rings. The van der Waals surface area contributed by atoms with Crippen molar-refractivity contribution in [1.82, 2.24) is 14.9 Å². The molecule has 1 aromatic heterocycles. The molecule has 0 aromatic carbocycles. The average molecular weight is 211 g/mol. The summed E-state index contributed by atoms with van der Waals surface area (Å²) in [4.78, 5) is 15.2. The van der Waals surface area contributed by atoms with Crippen molar-refractivity contribution in [3.8, 4) is 0 Å². The van der Waals surface area contributed by atoms with E-state index in [0.29, 0.717) is 12.3 Å². The van der Waals surface area contributed by atoms with Crippen molar-refractivity contribution in [3.05, 3.63) is 18.7 Å². The second-order valence-electron chi connectivity index (χ2n) is 3.94. The van der Waals surface area contributed by atoms with Crippen molar-refractivity contribution in [2.45, 2.75) is 26.4 Å². The van der Waals surface area contributed by atoms with Crippen molar-refractivity contribution < 1.29 is 9.90 Å². The molecule has 15 heavy (non-hydrogen) atoms. The fourth-order valence-electron chi connectivity index (χ4n) is 1.30. The van der Waals surface area contributed by atoms with Gasteiger partial charge in [-0.1, -0.05) is 13.8 Å². The Morgan fingerprint density at radius 1 is 1.60 bits per heavy atom. The maximum absolute atomic E-state index is 11.4. The molecule has 1 aromatic rings. The number of nitrogens with zero attached hydrogens (tertiary/aromatic N) is 2. The molecule has 5 nitrogen and oxygen atoms in total. The number of aliphatic hydroxyl groups excluding tert-OH is 1. The standard InChI is InChI=1S/C10H17N3O2/c1-8(2)5-9(14)6-12-10(15)13-4-3-11-7-13/h3-4,7-9,14H,5-6H2,1-2H3,(H,12,15). The van der Waals surface area contributed by atoms with Gasteiger partial charge in [0.15, 0.2) is 0 Å². The van der Waals surface area contributed by atoms with Gasteiger partial charge in [-0.15, -0.1) is 0 Å². The van der Waals surface area contributed by atoms with Crippen LogP contribution >= 0.6 is 0 Å². The molecule has 0 fully saturated rings. The van der Waals surface area contributed by atoms with Crippen molar-refractivity contribution in [2.75, 3.05) is 6.54 Å². The largest absolute Gasteiger partial charge is 0.391 e. The quantitative estimate of drug-likeness (QED) is 0.775. The predicted molar refractivity (Wildman–Crippen MR) is 56.5 cm³/mol. The first kappa shape index (κ1) is 11.7. The monoisotopic (exact) mass is 211 g/mol. The molecule has 1 amide bonds. The van der Waals surface area contributed by atoms with E-state index >= 15 is 0 Å². The Morgan fingerprint density at radius 2 is 2.33 bits per heavy atom. The van der Waals surface area contributed by atoms with Crippen molar-refractivity contribution in [3.63, 3.8) is 0 Å². The molecule has 1 unspecified atom stereocenters. The highest BCUT2D eigenvalue weighted by Crippen LogP contribution is 2.03. The van der Waals surface area contributed by atoms with E-state index in [4.69, 9.17) is 0 Å². The molecule has 0 bridgehead atoms. The third-order valence-electron chi connectivity index (χ3n) is 1.97. The lowest BCUT2D eigenvalue weighted by atomic mass is 10.1. The van der Waals surface area contributed by atoms with Gasteiger partial charge < -0.3 is 10.4 Å². The molecule has 1 atom stereocenters. The smallest absolute Gasteiger partial charge is 0.326 e. The molecule has 1 heterocycles. The molecular formula is C10H17N3O2. The number of nitrogens with one attached hydrogen (secondary N) is 1. The van der Waals surface area contributed by atoms with Crippen LogP contribution in [0.3, 0.4) is 0 Å². The summed E-state index contributed by atoms with van der Waals surface area (Å²) < 4.78 is 1.34. The highest BCUT2D eigenvalue weighted by atomic mass is 16.3. The van der Waals surface area contributed by atoms with Crippen molar-refractivity contribution in [1.29, 1.82) is 0 Å². The lowest BCUT2D eigenvalue weighted by Crippen LogP contribution is -2.35. The maximum atomic E-state index is 11.4. The minimum Gasteiger partial charge on any atom is -0.391 e. The fraction of sp³-hybridized carbons (Fsp3) is 0.600. The molecule has 0 spiro atoms. The van der Waals surface area contributed by atoms with Gasteiger partial charge in [0.1, 0.15) is 6.33 Å². The van der Waals surface area contributed by atoms with Gasteiger partial charge in [0.25, 0.3) is 0 Å². The van der Waals surface area contributed by atoms with Crippen LogP contribution in [0, 0.1) is 5.92 Å². The van der Waals surface area contributed by atoms with E-state index in [1.807, 2.05) is 13.8 Å². The zero-order chi connectivity index (χ0) is 11.3. The number of imidazole rings is 1. The van der Waals surface area contributed by atoms with Gasteiger partial charge in [0, 0.05) is 18.9 Å². The van der Waals surface area contributed by atoms with Crippen LogP contribution in [0.15, 0.2) is 18.7 Å². The summed E-state index contributed by atoms with van der Waals surface area (Å²) in [7, 11) is 0. The molecule has 0 radical (unpaired) electrons. The predicted octanol–water partition coefficient (Wildman–Crippen LogP) is 0.848. The third-order valence-corrected chi connectivity index (χ3v) is 1.97. The van der Waals surface area contributed by atoms with E-state index in [1.165, 1.54) is 17.1 Å². The van der Waals surface area contributed by atoms with Gasteiger partial charge >= 0.3 is 6.03 Å². The second kappa shape index (κ2) is 5.50. The zero-order valence-electron chi connectivity index (χ0n) is 9.05. The van der Waals surface area contributed by atoms with E-state index in [9.17, 15) is 9.90 Å². The third kappa shape index (κ3) is 4.12. The van der Waals surface area contributed by atoms with Gasteiger partial charge in [-0.05, 0) is 12.3 Å². The number of carbonyl (C=O) groups excluding carboxylic acids is 1. The first-order chi connectivity index (χ1) is 7.09. The minimum atomic E-state index is -0.488. The van der Waals surface area contributed by atoms with Crippen LogP contribution in [0.25, 0.3) is 0 Å². The Kier molecular flexibility index (Phi) is 4.30. The summed E-state index contributed by atoms with van der Waals surface area (Å²) in [5.41, 5.74) is 0. The van der Waals surface area contributed by atoms with E-state index in [-0.39, 0.29) is 12.6 Å². The lowest BCUT2D eigenvalue weighted by molar-refractivity contribution is 0.147. The lowest BCUT2D eigenvalue weighted by Gasteiger charge is -2.13. The van der Waals surface area contributed by atoms with Gasteiger partial charge in [-0.2, -0.15) is 0 Å². The summed E-state index contributed by atoms with van der Waals surface area (Å²) in [5.74, 6) is 0.421. The summed E-state index contributed by atoms with van der Waals surface area (Å²) >= 11 is 0. The summed E-state index contributed by atoms with van der Waals surface area (Å²) in [5, 5.41) is 12.2. The van der Waals surface area contributed by atoms with E-state index in [2.05, 4.69) is 10.3 Å². The Labute approximate surface area is 89.1 Å². The van der Waals surface area contributed by atoms with Crippen LogP contribution in [-0.4, -0.2) is 33.3 Å². The van der Waals surface area contributed by atoms with Crippen LogP contribution in [0.4, 0.5) is 4.79 Å². The topological polar surface area (TPSA) is 67.2 Å². The molecule has 0 saturated heterocycles. The highest BCUT2D eigenvalue weighted by molar-refractivity contribution is 5.76. The van der Waals surface area contributed by atoms with E-state index in [1.54, 1.807) is 6.20 Å². The van der Waals surface area contributed by atoms with Gasteiger partial charge in [-0.3, -0.25) is 4.57 Å². The Hall–Kier alpha value is -1.36. The highest BCUT2D eigenvalue weighted by Gasteiger charge is 2.09. The summed E-state index contributed by atoms with van der Waals surface area (Å²) in [6.07, 6.45) is 4.71. The van der Waals surface area contributed by atoms with Crippen LogP contribution in [0.1, 0.15) is 20.3 Å². The normalized spacial score (nSPS) is 12.8. The summed E-state index contributed by atoms with van der Waals surface area (Å²) in [6, 6.07) is -0.268. The summed E-state index contributed by atoms with van der Waals surface area (Å²) in [6.45, 7) is 4.33. The molecule has 84 valence electrons. The number of aliphatic hydroxyl groups is 1. The molecule has 2 N–H and O–H groups in total. The first-order valence-electron chi connectivity index (χ1n) is 5.04. The molecule has 0 aliphatic carbocycles. The van der Waals surface area contributed by atoms with Crippen LogP contribution in [-0.2, 0) is 0 Å². The van der Waals surface area contributed by atoms with Crippen molar-refractivity contribution >= 4 is 6.03 Å². The number of amides is 1. The molecule has 0 saturated carbocycles. The average Bonchev–Trinajstić information content (AvgIpc) is 2.65. The van der Waals surface area contributed by atoms with Gasteiger partial charge in [0.2, 0.25) is 0 Å². The van der Waals surface area contributed by atoms with Crippen LogP contribution in [0.5, 0.6) is 0 Å².